The molecule has 0 saturated heterocycles. The van der Waals surface area contributed by atoms with E-state index in [1.54, 1.807) is 0 Å². The van der Waals surface area contributed by atoms with Gasteiger partial charge in [-0.15, -0.1) is 0 Å². The summed E-state index contributed by atoms with van der Waals surface area (Å²) in [6, 6.07) is 12.3. The predicted molar refractivity (Wildman–Crippen MR) is 66.4 cm³/mol. The van der Waals surface area contributed by atoms with Gasteiger partial charge in [-0.25, -0.2) is 0 Å². The minimum Gasteiger partial charge on any atom is -0.160 e. The molecule has 0 N–H and O–H groups in total. The molecule has 0 atom stereocenters. The third-order valence-electron chi connectivity index (χ3n) is 3.13. The highest BCUT2D eigenvalue weighted by Gasteiger charge is 2.20. The summed E-state index contributed by atoms with van der Waals surface area (Å²) in [5.41, 5.74) is 6.17. The van der Waals surface area contributed by atoms with Crippen molar-refractivity contribution < 1.29 is 3.89 Å². The average molecular weight is 230 g/mol. The van der Waals surface area contributed by atoms with E-state index in [2.05, 4.69) is 31.2 Å². The van der Waals surface area contributed by atoms with E-state index in [1.165, 1.54) is 22.3 Å². The summed E-state index contributed by atoms with van der Waals surface area (Å²) >= 11 is 0.349. The Morgan fingerprint density at radius 1 is 1.12 bits per heavy atom. The summed E-state index contributed by atoms with van der Waals surface area (Å²) in [6.45, 7) is 2.09. The molecule has 2 aromatic carbocycles. The zero-order valence-corrected chi connectivity index (χ0v) is 9.77. The molecule has 0 radical (unpaired) electrons. The summed E-state index contributed by atoms with van der Waals surface area (Å²) in [7, 11) is 0. The highest BCUT2D eigenvalue weighted by Crippen LogP contribution is 2.41. The standard InChI is InChI=1S/C14H11FS/c1-9-5-6-11-10(7-9)8-13-12(11)3-2-4-14(13)16-15/h2-7H,8H2,1H3. The third kappa shape index (κ3) is 1.37. The van der Waals surface area contributed by atoms with Gasteiger partial charge in [-0.1, -0.05) is 35.9 Å². The van der Waals surface area contributed by atoms with Gasteiger partial charge in [0.25, 0.3) is 0 Å². The zero-order valence-electron chi connectivity index (χ0n) is 8.96. The van der Waals surface area contributed by atoms with Crippen molar-refractivity contribution >= 4 is 12.1 Å². The van der Waals surface area contributed by atoms with Gasteiger partial charge in [0, 0.05) is 4.90 Å². The number of aryl methyl sites for hydroxylation is 1. The Kier molecular flexibility index (Phi) is 2.25. The normalized spacial score (nSPS) is 12.4. The Balaban J connectivity index is 2.23. The molecule has 1 aliphatic carbocycles. The Hall–Kier alpha value is -1.28. The number of rotatable bonds is 1. The molecule has 0 nitrogen and oxygen atoms in total. The van der Waals surface area contributed by atoms with Crippen molar-refractivity contribution in [3.8, 4) is 11.1 Å². The third-order valence-corrected chi connectivity index (χ3v) is 3.68. The second-order valence-electron chi connectivity index (χ2n) is 4.20. The fourth-order valence-electron chi connectivity index (χ4n) is 2.39. The molecule has 0 fully saturated rings. The van der Waals surface area contributed by atoms with Gasteiger partial charge in [-0.3, -0.25) is 0 Å². The van der Waals surface area contributed by atoms with Gasteiger partial charge in [0.2, 0.25) is 0 Å². The van der Waals surface area contributed by atoms with Crippen molar-refractivity contribution in [2.24, 2.45) is 0 Å². The Morgan fingerprint density at radius 3 is 2.81 bits per heavy atom. The first kappa shape index (κ1) is 9.91. The van der Waals surface area contributed by atoms with Crippen molar-refractivity contribution in [1.82, 2.24) is 0 Å². The van der Waals surface area contributed by atoms with Gasteiger partial charge in [0.1, 0.15) is 0 Å². The van der Waals surface area contributed by atoms with E-state index in [1.807, 2.05) is 12.1 Å². The van der Waals surface area contributed by atoms with Crippen LogP contribution in [0.4, 0.5) is 3.89 Å². The Bertz CT molecular complexity index is 561. The molecule has 0 amide bonds. The topological polar surface area (TPSA) is 0 Å². The molecule has 0 heterocycles. The summed E-state index contributed by atoms with van der Waals surface area (Å²) in [5, 5.41) is 0. The van der Waals surface area contributed by atoms with Crippen LogP contribution in [0.2, 0.25) is 0 Å². The number of fused-ring (bicyclic) bond motifs is 3. The minimum absolute atomic E-state index is 0.349. The van der Waals surface area contributed by atoms with E-state index in [4.69, 9.17) is 0 Å². The fourth-order valence-corrected chi connectivity index (χ4v) is 2.80. The second kappa shape index (κ2) is 3.63. The molecular formula is C14H11FS. The molecule has 2 aromatic rings. The fraction of sp³-hybridized carbons (Fsp3) is 0.143. The van der Waals surface area contributed by atoms with Crippen molar-refractivity contribution in [2.45, 2.75) is 18.2 Å². The minimum atomic E-state index is 0.349. The lowest BCUT2D eigenvalue weighted by molar-refractivity contribution is 0.930. The molecule has 1 aliphatic rings. The van der Waals surface area contributed by atoms with Gasteiger partial charge in [0.15, 0.2) is 0 Å². The van der Waals surface area contributed by atoms with Crippen LogP contribution in [0.15, 0.2) is 41.3 Å². The van der Waals surface area contributed by atoms with Crippen LogP contribution >= 0.6 is 12.1 Å². The maximum Gasteiger partial charge on any atom is 0.0815 e. The van der Waals surface area contributed by atoms with Crippen LogP contribution in [0, 0.1) is 6.92 Å². The summed E-state index contributed by atoms with van der Waals surface area (Å²) in [5.74, 6) is 0. The van der Waals surface area contributed by atoms with Crippen molar-refractivity contribution in [2.75, 3.05) is 0 Å². The molecule has 3 rings (SSSR count). The molecule has 0 aliphatic heterocycles. The second-order valence-corrected chi connectivity index (χ2v) is 4.79. The smallest absolute Gasteiger partial charge is 0.0815 e. The molecule has 0 bridgehead atoms. The highest BCUT2D eigenvalue weighted by molar-refractivity contribution is 7.94. The van der Waals surface area contributed by atoms with E-state index in [-0.39, 0.29) is 0 Å². The van der Waals surface area contributed by atoms with Gasteiger partial charge < -0.3 is 0 Å². The molecular weight excluding hydrogens is 219 g/mol. The Labute approximate surface area is 98.8 Å². The molecule has 0 unspecified atom stereocenters. The van der Waals surface area contributed by atoms with Gasteiger partial charge in [-0.2, -0.15) is 3.89 Å². The van der Waals surface area contributed by atoms with Crippen molar-refractivity contribution in [1.29, 1.82) is 0 Å². The number of hydrogen-bond acceptors (Lipinski definition) is 1. The average Bonchev–Trinajstić information content (AvgIpc) is 2.65. The summed E-state index contributed by atoms with van der Waals surface area (Å²) in [6.07, 6.45) is 0.861. The highest BCUT2D eigenvalue weighted by atomic mass is 32.2. The van der Waals surface area contributed by atoms with E-state index >= 15 is 0 Å². The lowest BCUT2D eigenvalue weighted by Crippen LogP contribution is -1.83. The van der Waals surface area contributed by atoms with Crippen LogP contribution in [-0.2, 0) is 6.42 Å². The van der Waals surface area contributed by atoms with Gasteiger partial charge >= 0.3 is 0 Å². The van der Waals surface area contributed by atoms with E-state index < -0.39 is 0 Å². The van der Waals surface area contributed by atoms with Gasteiger partial charge in [0.05, 0.1) is 12.1 Å². The number of benzene rings is 2. The monoisotopic (exact) mass is 230 g/mol. The lowest BCUT2D eigenvalue weighted by Gasteiger charge is -2.03. The van der Waals surface area contributed by atoms with Gasteiger partial charge in [-0.05, 0) is 41.7 Å². The van der Waals surface area contributed by atoms with Crippen LogP contribution in [0.3, 0.4) is 0 Å². The largest absolute Gasteiger partial charge is 0.160 e. The maximum absolute atomic E-state index is 12.8. The molecule has 80 valence electrons. The van der Waals surface area contributed by atoms with E-state index in [0.717, 1.165) is 16.9 Å². The lowest BCUT2D eigenvalue weighted by atomic mass is 10.0. The summed E-state index contributed by atoms with van der Waals surface area (Å²) in [4.78, 5) is 0.756. The zero-order chi connectivity index (χ0) is 11.1. The summed E-state index contributed by atoms with van der Waals surface area (Å²) < 4.78 is 12.8. The van der Waals surface area contributed by atoms with E-state index in [0.29, 0.717) is 12.1 Å². The van der Waals surface area contributed by atoms with Crippen LogP contribution in [0.1, 0.15) is 16.7 Å². The van der Waals surface area contributed by atoms with Crippen LogP contribution in [0.5, 0.6) is 0 Å². The van der Waals surface area contributed by atoms with E-state index in [9.17, 15) is 3.89 Å². The SMILES string of the molecule is Cc1ccc2c(c1)Cc1c(SF)cccc1-2. The Morgan fingerprint density at radius 2 is 2.00 bits per heavy atom. The van der Waals surface area contributed by atoms with Crippen LogP contribution in [0.25, 0.3) is 11.1 Å². The van der Waals surface area contributed by atoms with Crippen LogP contribution in [-0.4, -0.2) is 0 Å². The molecule has 0 saturated carbocycles. The first-order valence-corrected chi connectivity index (χ1v) is 6.01. The molecule has 16 heavy (non-hydrogen) atoms. The number of halogens is 1. The molecule has 0 aromatic heterocycles. The van der Waals surface area contributed by atoms with Crippen LogP contribution < -0.4 is 0 Å². The predicted octanol–water partition coefficient (Wildman–Crippen LogP) is 4.54. The number of hydrogen-bond donors (Lipinski definition) is 0. The van der Waals surface area contributed by atoms with Crippen molar-refractivity contribution in [3.63, 3.8) is 0 Å². The first-order chi connectivity index (χ1) is 7.79. The maximum atomic E-state index is 12.8. The first-order valence-electron chi connectivity index (χ1n) is 5.30. The van der Waals surface area contributed by atoms with Crippen molar-refractivity contribution in [3.05, 3.63) is 53.1 Å². The molecule has 0 spiro atoms. The molecule has 2 heteroatoms. The quantitative estimate of drug-likeness (QED) is 0.591.